The van der Waals surface area contributed by atoms with Crippen LogP contribution in [0.2, 0.25) is 0 Å². The monoisotopic (exact) mass is 475 g/mol. The Morgan fingerprint density at radius 3 is 2.35 bits per heavy atom. The van der Waals surface area contributed by atoms with Crippen LogP contribution in [-0.2, 0) is 0 Å². The van der Waals surface area contributed by atoms with Gasteiger partial charge in [-0.15, -0.1) is 11.3 Å². The zero-order valence-electron chi connectivity index (χ0n) is 20.2. The number of benzene rings is 2. The summed E-state index contributed by atoms with van der Waals surface area (Å²) in [6.45, 7) is 8.48. The first-order valence-electron chi connectivity index (χ1n) is 12.2. The Kier molecular flexibility index (Phi) is 7.78. The Balaban J connectivity index is 1.43. The molecule has 0 radical (unpaired) electrons. The molecule has 0 aliphatic carbocycles. The fourth-order valence-electron chi connectivity index (χ4n) is 4.50. The van der Waals surface area contributed by atoms with Gasteiger partial charge in [-0.3, -0.25) is 9.59 Å². The second kappa shape index (κ2) is 11.0. The normalized spacial score (nSPS) is 14.4. The molecule has 1 aliphatic heterocycles. The lowest BCUT2D eigenvalue weighted by Gasteiger charge is -2.38. The van der Waals surface area contributed by atoms with Gasteiger partial charge in [-0.1, -0.05) is 63.2 Å². The number of carbonyl (C=O) groups excluding carboxylic acids is 2. The van der Waals surface area contributed by atoms with Crippen molar-refractivity contribution >= 4 is 23.2 Å². The number of carbonyl (C=O) groups is 2. The molecule has 0 atom stereocenters. The van der Waals surface area contributed by atoms with E-state index in [2.05, 4.69) is 45.0 Å². The third-order valence-electron chi connectivity index (χ3n) is 6.49. The highest BCUT2D eigenvalue weighted by Gasteiger charge is 2.31. The Labute approximate surface area is 206 Å². The van der Waals surface area contributed by atoms with Crippen molar-refractivity contribution in [1.82, 2.24) is 14.8 Å². The summed E-state index contributed by atoms with van der Waals surface area (Å²) < 4.78 is 0. The van der Waals surface area contributed by atoms with E-state index < -0.39 is 0 Å². The maximum atomic E-state index is 13.4. The van der Waals surface area contributed by atoms with Crippen LogP contribution in [0.5, 0.6) is 0 Å². The molecule has 2 aromatic carbocycles. The lowest BCUT2D eigenvalue weighted by molar-refractivity contribution is 0.0516. The summed E-state index contributed by atoms with van der Waals surface area (Å²) in [7, 11) is 0. The van der Waals surface area contributed by atoms with Crippen molar-refractivity contribution in [3.63, 3.8) is 0 Å². The van der Waals surface area contributed by atoms with E-state index in [9.17, 15) is 9.59 Å². The molecule has 0 spiro atoms. The fraction of sp³-hybridized carbons (Fsp3) is 0.393. The summed E-state index contributed by atoms with van der Waals surface area (Å²) in [5.74, 6) is 0.551. The van der Waals surface area contributed by atoms with E-state index in [-0.39, 0.29) is 17.9 Å². The highest BCUT2D eigenvalue weighted by Crippen LogP contribution is 2.27. The van der Waals surface area contributed by atoms with Gasteiger partial charge < -0.3 is 9.80 Å². The highest BCUT2D eigenvalue weighted by molar-refractivity contribution is 7.13. The van der Waals surface area contributed by atoms with Crippen LogP contribution in [0, 0.1) is 0 Å². The molecule has 2 amide bonds. The molecule has 1 aromatic heterocycles. The van der Waals surface area contributed by atoms with E-state index in [4.69, 9.17) is 4.98 Å². The van der Waals surface area contributed by atoms with E-state index in [0.717, 1.165) is 35.4 Å². The number of thiazole rings is 1. The molecule has 0 unspecified atom stereocenters. The second-order valence-corrected chi connectivity index (χ2v) is 10.1. The molecule has 0 bridgehead atoms. The van der Waals surface area contributed by atoms with Crippen LogP contribution in [0.1, 0.15) is 72.4 Å². The first kappa shape index (κ1) is 24.1. The van der Waals surface area contributed by atoms with Gasteiger partial charge in [-0.25, -0.2) is 4.98 Å². The van der Waals surface area contributed by atoms with Gasteiger partial charge in [0.1, 0.15) is 10.7 Å². The number of piperidine rings is 1. The molecule has 5 nitrogen and oxygen atoms in total. The first-order valence-corrected chi connectivity index (χ1v) is 13.1. The third kappa shape index (κ3) is 5.39. The molecule has 0 N–H and O–H groups in total. The summed E-state index contributed by atoms with van der Waals surface area (Å²) in [5, 5.41) is 2.75. The van der Waals surface area contributed by atoms with Crippen LogP contribution in [0.3, 0.4) is 0 Å². The van der Waals surface area contributed by atoms with E-state index >= 15 is 0 Å². The Morgan fingerprint density at radius 1 is 1.06 bits per heavy atom. The predicted molar refractivity (Wildman–Crippen MR) is 138 cm³/mol. The van der Waals surface area contributed by atoms with Crippen LogP contribution in [0.4, 0.5) is 0 Å². The second-order valence-electron chi connectivity index (χ2n) is 9.20. The third-order valence-corrected chi connectivity index (χ3v) is 7.38. The van der Waals surface area contributed by atoms with Gasteiger partial charge in [-0.2, -0.15) is 0 Å². The molecule has 3 aromatic rings. The molecule has 4 rings (SSSR count). The van der Waals surface area contributed by atoms with Gasteiger partial charge in [0.15, 0.2) is 0 Å². The van der Waals surface area contributed by atoms with Gasteiger partial charge >= 0.3 is 0 Å². The summed E-state index contributed by atoms with van der Waals surface area (Å²) in [5.41, 5.74) is 3.58. The fourth-order valence-corrected chi connectivity index (χ4v) is 5.30. The molecule has 1 aliphatic rings. The summed E-state index contributed by atoms with van der Waals surface area (Å²) in [6, 6.07) is 18.0. The number of nitrogens with zero attached hydrogens (tertiary/aromatic N) is 3. The van der Waals surface area contributed by atoms with Crippen LogP contribution < -0.4 is 0 Å². The minimum absolute atomic E-state index is 0.00372. The quantitative estimate of drug-likeness (QED) is 0.415. The number of aromatic nitrogens is 1. The van der Waals surface area contributed by atoms with Crippen molar-refractivity contribution in [3.8, 4) is 10.6 Å². The van der Waals surface area contributed by atoms with Crippen LogP contribution in [0.25, 0.3) is 10.6 Å². The van der Waals surface area contributed by atoms with Crippen LogP contribution >= 0.6 is 11.3 Å². The summed E-state index contributed by atoms with van der Waals surface area (Å²) >= 11 is 1.52. The van der Waals surface area contributed by atoms with E-state index in [0.29, 0.717) is 31.2 Å². The Morgan fingerprint density at radius 2 is 1.74 bits per heavy atom. The zero-order chi connectivity index (χ0) is 24.1. The zero-order valence-corrected chi connectivity index (χ0v) is 21.1. The molecule has 178 valence electrons. The van der Waals surface area contributed by atoms with Crippen molar-refractivity contribution in [2.75, 3.05) is 19.6 Å². The molecule has 1 saturated heterocycles. The van der Waals surface area contributed by atoms with Crippen molar-refractivity contribution < 1.29 is 9.59 Å². The average molecular weight is 476 g/mol. The van der Waals surface area contributed by atoms with E-state index in [1.165, 1.54) is 16.9 Å². The molecular weight excluding hydrogens is 442 g/mol. The van der Waals surface area contributed by atoms with Gasteiger partial charge in [-0.05, 0) is 42.9 Å². The average Bonchev–Trinajstić information content (AvgIpc) is 3.38. The van der Waals surface area contributed by atoms with Crippen molar-refractivity contribution in [2.45, 2.75) is 52.0 Å². The summed E-state index contributed by atoms with van der Waals surface area (Å²) in [4.78, 5) is 34.8. The van der Waals surface area contributed by atoms with E-state index in [1.807, 2.05) is 45.5 Å². The molecule has 34 heavy (non-hydrogen) atoms. The lowest BCUT2D eigenvalue weighted by Crippen LogP contribution is -2.49. The van der Waals surface area contributed by atoms with Gasteiger partial charge in [0.2, 0.25) is 0 Å². The topological polar surface area (TPSA) is 53.5 Å². The number of likely N-dealkylation sites (tertiary alicyclic amines) is 1. The lowest BCUT2D eigenvalue weighted by atomic mass is 10.0. The van der Waals surface area contributed by atoms with Crippen molar-refractivity contribution in [3.05, 3.63) is 76.8 Å². The Hall–Kier alpha value is -2.99. The highest BCUT2D eigenvalue weighted by atomic mass is 32.1. The number of amides is 2. The number of hydrogen-bond acceptors (Lipinski definition) is 4. The maximum Gasteiger partial charge on any atom is 0.273 e. The largest absolute Gasteiger partial charge is 0.338 e. The van der Waals surface area contributed by atoms with Crippen molar-refractivity contribution in [1.29, 1.82) is 0 Å². The van der Waals surface area contributed by atoms with Gasteiger partial charge in [0.05, 0.1) is 0 Å². The molecule has 6 heteroatoms. The predicted octanol–water partition coefficient (Wildman–Crippen LogP) is 6.09. The standard InChI is InChI=1S/C28H33N3O2S/c1-4-16-31(24-14-17-30(18-15-24)27(32)23-8-6-5-7-9-23)28(33)25-19-34-26(29-25)22-12-10-21(11-13-22)20(2)3/h5-13,19-20,24H,4,14-18H2,1-3H3. The van der Waals surface area contributed by atoms with Gasteiger partial charge in [0, 0.05) is 42.2 Å². The van der Waals surface area contributed by atoms with E-state index in [1.54, 1.807) is 0 Å². The first-order chi connectivity index (χ1) is 16.5. The number of hydrogen-bond donors (Lipinski definition) is 0. The summed E-state index contributed by atoms with van der Waals surface area (Å²) in [6.07, 6.45) is 2.47. The number of rotatable bonds is 7. The maximum absolute atomic E-state index is 13.4. The molecule has 1 fully saturated rings. The molecule has 2 heterocycles. The van der Waals surface area contributed by atoms with Crippen molar-refractivity contribution in [2.24, 2.45) is 0 Å². The van der Waals surface area contributed by atoms with Crippen LogP contribution in [0.15, 0.2) is 60.0 Å². The Bertz CT molecular complexity index is 1100. The minimum atomic E-state index is -0.00372. The smallest absolute Gasteiger partial charge is 0.273 e. The molecule has 0 saturated carbocycles. The minimum Gasteiger partial charge on any atom is -0.338 e. The van der Waals surface area contributed by atoms with Gasteiger partial charge in [0.25, 0.3) is 11.8 Å². The SMILES string of the molecule is CCCN(C(=O)c1csc(-c2ccc(C(C)C)cc2)n1)C1CCN(C(=O)c2ccccc2)CC1. The van der Waals surface area contributed by atoms with Crippen LogP contribution in [-0.4, -0.2) is 52.3 Å². The molecular formula is C28H33N3O2S.